The van der Waals surface area contributed by atoms with Crippen LogP contribution in [0.4, 0.5) is 0 Å². The largest absolute Gasteiger partial charge is 0.456 e. The molecule has 2 heterocycles. The third-order valence-electron chi connectivity index (χ3n) is 3.92. The van der Waals surface area contributed by atoms with Crippen LogP contribution >= 0.6 is 23.2 Å². The van der Waals surface area contributed by atoms with E-state index in [1.807, 2.05) is 22.8 Å². The molecule has 3 aromatic rings. The molecule has 0 spiro atoms. The molecule has 7 heteroatoms. The van der Waals surface area contributed by atoms with E-state index in [0.29, 0.717) is 41.3 Å². The molecule has 0 aliphatic carbocycles. The zero-order valence-corrected chi connectivity index (χ0v) is 14.1. The lowest BCUT2D eigenvalue weighted by Crippen LogP contribution is -2.52. The number of rotatable bonds is 4. The van der Waals surface area contributed by atoms with Crippen molar-refractivity contribution in [2.24, 2.45) is 0 Å². The Balaban J connectivity index is 1.64. The molecule has 124 valence electrons. The first-order valence-electron chi connectivity index (χ1n) is 7.40. The third kappa shape index (κ3) is 2.96. The summed E-state index contributed by atoms with van der Waals surface area (Å²) in [5.74, 6) is 1.16. The van der Waals surface area contributed by atoms with Gasteiger partial charge in [-0.05, 0) is 30.3 Å². The van der Waals surface area contributed by atoms with Crippen molar-refractivity contribution >= 4 is 34.2 Å². The standard InChI is InChI=1S/C17H14Cl2N2O3/c18-11-1-4-16(13(19)5-11)24-12-2-3-14-15(6-12)21(10-20-14)7-17(22)8-23-9-17/h1-6,10,22H,7-9H2. The summed E-state index contributed by atoms with van der Waals surface area (Å²) in [5.41, 5.74) is 0.871. The minimum atomic E-state index is -0.829. The van der Waals surface area contributed by atoms with E-state index < -0.39 is 5.60 Å². The fourth-order valence-electron chi connectivity index (χ4n) is 2.66. The predicted molar refractivity (Wildman–Crippen MR) is 92.0 cm³/mol. The topological polar surface area (TPSA) is 56.5 Å². The number of ether oxygens (including phenoxy) is 2. The fourth-order valence-corrected chi connectivity index (χ4v) is 3.10. The highest BCUT2D eigenvalue weighted by atomic mass is 35.5. The molecule has 1 aromatic heterocycles. The van der Waals surface area contributed by atoms with Gasteiger partial charge in [-0.1, -0.05) is 23.2 Å². The zero-order chi connectivity index (χ0) is 16.7. The average Bonchev–Trinajstić information content (AvgIpc) is 2.91. The highest BCUT2D eigenvalue weighted by Crippen LogP contribution is 2.33. The van der Waals surface area contributed by atoms with Gasteiger partial charge in [0.2, 0.25) is 0 Å². The van der Waals surface area contributed by atoms with Gasteiger partial charge < -0.3 is 19.1 Å². The second-order valence-electron chi connectivity index (χ2n) is 5.92. The van der Waals surface area contributed by atoms with Crippen LogP contribution in [0.15, 0.2) is 42.7 Å². The first-order valence-corrected chi connectivity index (χ1v) is 8.16. The van der Waals surface area contributed by atoms with E-state index in [2.05, 4.69) is 4.98 Å². The van der Waals surface area contributed by atoms with Gasteiger partial charge in [-0.2, -0.15) is 0 Å². The quantitative estimate of drug-likeness (QED) is 0.762. The molecule has 0 saturated carbocycles. The number of nitrogens with zero attached hydrogens (tertiary/aromatic N) is 2. The lowest BCUT2D eigenvalue weighted by atomic mass is 10.0. The summed E-state index contributed by atoms with van der Waals surface area (Å²) in [6.45, 7) is 1.10. The Morgan fingerprint density at radius 1 is 1.21 bits per heavy atom. The normalized spacial score (nSPS) is 16.1. The molecule has 0 atom stereocenters. The molecule has 4 rings (SSSR count). The Labute approximate surface area is 148 Å². The second kappa shape index (κ2) is 5.93. The minimum Gasteiger partial charge on any atom is -0.456 e. The summed E-state index contributed by atoms with van der Waals surface area (Å²) >= 11 is 12.0. The summed E-state index contributed by atoms with van der Waals surface area (Å²) in [5, 5.41) is 11.3. The molecule has 5 nitrogen and oxygen atoms in total. The minimum absolute atomic E-state index is 0.337. The Kier molecular flexibility index (Phi) is 3.89. The van der Waals surface area contributed by atoms with Gasteiger partial charge in [-0.25, -0.2) is 4.98 Å². The molecule has 1 fully saturated rings. The summed E-state index contributed by atoms with van der Waals surface area (Å²) in [6.07, 6.45) is 1.71. The van der Waals surface area contributed by atoms with E-state index in [-0.39, 0.29) is 0 Å². The van der Waals surface area contributed by atoms with Crippen LogP contribution in [0.25, 0.3) is 11.0 Å². The van der Waals surface area contributed by atoms with E-state index in [1.54, 1.807) is 24.5 Å². The number of aliphatic hydroxyl groups is 1. The highest BCUT2D eigenvalue weighted by molar-refractivity contribution is 6.35. The molecule has 1 N–H and O–H groups in total. The van der Waals surface area contributed by atoms with Gasteiger partial charge in [-0.3, -0.25) is 0 Å². The maximum Gasteiger partial charge on any atom is 0.146 e. The van der Waals surface area contributed by atoms with Gasteiger partial charge >= 0.3 is 0 Å². The molecule has 1 aliphatic heterocycles. The molecule has 0 radical (unpaired) electrons. The number of imidazole rings is 1. The van der Waals surface area contributed by atoms with Crippen molar-refractivity contribution in [1.82, 2.24) is 9.55 Å². The number of hydrogen-bond acceptors (Lipinski definition) is 4. The monoisotopic (exact) mass is 364 g/mol. The summed E-state index contributed by atoms with van der Waals surface area (Å²) in [4.78, 5) is 4.35. The summed E-state index contributed by atoms with van der Waals surface area (Å²) in [6, 6.07) is 10.6. The van der Waals surface area contributed by atoms with E-state index >= 15 is 0 Å². The summed E-state index contributed by atoms with van der Waals surface area (Å²) in [7, 11) is 0. The van der Waals surface area contributed by atoms with E-state index in [0.717, 1.165) is 11.0 Å². The van der Waals surface area contributed by atoms with Crippen LogP contribution in [0.3, 0.4) is 0 Å². The van der Waals surface area contributed by atoms with Crippen LogP contribution in [-0.2, 0) is 11.3 Å². The molecule has 2 aromatic carbocycles. The van der Waals surface area contributed by atoms with Crippen LogP contribution in [0, 0.1) is 0 Å². The molecule has 0 unspecified atom stereocenters. The molecule has 1 aliphatic rings. The van der Waals surface area contributed by atoms with Crippen molar-refractivity contribution in [1.29, 1.82) is 0 Å². The molecule has 24 heavy (non-hydrogen) atoms. The lowest BCUT2D eigenvalue weighted by Gasteiger charge is -2.36. The molecule has 0 bridgehead atoms. The SMILES string of the molecule is OC1(Cn2cnc3ccc(Oc4ccc(Cl)cc4Cl)cc32)COC1. The van der Waals surface area contributed by atoms with Gasteiger partial charge in [-0.15, -0.1) is 0 Å². The van der Waals surface area contributed by atoms with E-state index in [9.17, 15) is 5.11 Å². The Morgan fingerprint density at radius 3 is 2.75 bits per heavy atom. The van der Waals surface area contributed by atoms with Crippen molar-refractivity contribution in [3.05, 3.63) is 52.8 Å². The van der Waals surface area contributed by atoms with Gasteiger partial charge in [0.1, 0.15) is 17.1 Å². The van der Waals surface area contributed by atoms with Gasteiger partial charge in [0.25, 0.3) is 0 Å². The molecular formula is C17H14Cl2N2O3. The van der Waals surface area contributed by atoms with Crippen LogP contribution < -0.4 is 4.74 Å². The molecule has 1 saturated heterocycles. The Hall–Kier alpha value is -1.79. The van der Waals surface area contributed by atoms with Gasteiger partial charge in [0.15, 0.2) is 0 Å². The number of aromatic nitrogens is 2. The van der Waals surface area contributed by atoms with Crippen LogP contribution in [0.2, 0.25) is 10.0 Å². The fraction of sp³-hybridized carbons (Fsp3) is 0.235. The van der Waals surface area contributed by atoms with Crippen molar-refractivity contribution in [3.63, 3.8) is 0 Å². The Morgan fingerprint density at radius 2 is 2.04 bits per heavy atom. The predicted octanol–water partition coefficient (Wildman–Crippen LogP) is 3.90. The van der Waals surface area contributed by atoms with Crippen molar-refractivity contribution in [3.8, 4) is 11.5 Å². The second-order valence-corrected chi connectivity index (χ2v) is 6.76. The van der Waals surface area contributed by atoms with Crippen molar-refractivity contribution in [2.75, 3.05) is 13.2 Å². The summed E-state index contributed by atoms with van der Waals surface area (Å²) < 4.78 is 12.8. The van der Waals surface area contributed by atoms with Gasteiger partial charge in [0.05, 0.1) is 42.1 Å². The maximum atomic E-state index is 10.3. The number of fused-ring (bicyclic) bond motifs is 1. The number of halogens is 2. The van der Waals surface area contributed by atoms with E-state index in [4.69, 9.17) is 32.7 Å². The van der Waals surface area contributed by atoms with Gasteiger partial charge in [0, 0.05) is 11.1 Å². The van der Waals surface area contributed by atoms with Crippen LogP contribution in [0.5, 0.6) is 11.5 Å². The molecular weight excluding hydrogens is 351 g/mol. The lowest BCUT2D eigenvalue weighted by molar-refractivity contribution is -0.184. The third-order valence-corrected chi connectivity index (χ3v) is 4.45. The number of benzene rings is 2. The highest BCUT2D eigenvalue weighted by Gasteiger charge is 2.36. The maximum absolute atomic E-state index is 10.3. The first kappa shape index (κ1) is 15.7. The van der Waals surface area contributed by atoms with Crippen molar-refractivity contribution < 1.29 is 14.6 Å². The van der Waals surface area contributed by atoms with E-state index in [1.165, 1.54) is 0 Å². The van der Waals surface area contributed by atoms with Crippen molar-refractivity contribution in [2.45, 2.75) is 12.1 Å². The van der Waals surface area contributed by atoms with Crippen LogP contribution in [-0.4, -0.2) is 33.5 Å². The average molecular weight is 365 g/mol. The number of hydrogen-bond donors (Lipinski definition) is 1. The zero-order valence-electron chi connectivity index (χ0n) is 12.6. The molecule has 0 amide bonds. The smallest absolute Gasteiger partial charge is 0.146 e. The van der Waals surface area contributed by atoms with Crippen LogP contribution in [0.1, 0.15) is 0 Å². The Bertz CT molecular complexity index is 906. The first-order chi connectivity index (χ1) is 11.5.